The quantitative estimate of drug-likeness (QED) is 0.451. The van der Waals surface area contributed by atoms with E-state index in [4.69, 9.17) is 28.6 Å². The SMILES string of the molecule is CCOc1cc(C=C2C(=O)N(C)C(=S)N(C)C2=O)c(Br)c(Cl)c1O. The molecule has 1 aliphatic rings. The summed E-state index contributed by atoms with van der Waals surface area (Å²) in [6.45, 7) is 2.08. The number of rotatable bonds is 3. The lowest BCUT2D eigenvalue weighted by Crippen LogP contribution is -2.52. The molecule has 1 saturated heterocycles. The summed E-state index contributed by atoms with van der Waals surface area (Å²) < 4.78 is 5.66. The Morgan fingerprint density at radius 3 is 2.38 bits per heavy atom. The first-order chi connectivity index (χ1) is 11.2. The van der Waals surface area contributed by atoms with Crippen LogP contribution in [0.1, 0.15) is 12.5 Å². The molecule has 6 nitrogen and oxygen atoms in total. The minimum atomic E-state index is -0.517. The van der Waals surface area contributed by atoms with E-state index in [9.17, 15) is 14.7 Å². The van der Waals surface area contributed by atoms with E-state index in [1.807, 2.05) is 0 Å². The number of carbonyl (C=O) groups is 2. The van der Waals surface area contributed by atoms with Crippen LogP contribution in [0.15, 0.2) is 16.1 Å². The van der Waals surface area contributed by atoms with Crippen molar-refractivity contribution in [2.24, 2.45) is 0 Å². The van der Waals surface area contributed by atoms with Gasteiger partial charge in [-0.25, -0.2) is 0 Å². The number of nitrogens with zero attached hydrogens (tertiary/aromatic N) is 2. The lowest BCUT2D eigenvalue weighted by atomic mass is 10.1. The van der Waals surface area contributed by atoms with Crippen molar-refractivity contribution in [3.8, 4) is 11.5 Å². The van der Waals surface area contributed by atoms with Gasteiger partial charge >= 0.3 is 0 Å². The van der Waals surface area contributed by atoms with Crippen molar-refractivity contribution in [3.63, 3.8) is 0 Å². The topological polar surface area (TPSA) is 70.1 Å². The highest BCUT2D eigenvalue weighted by Crippen LogP contribution is 2.42. The van der Waals surface area contributed by atoms with E-state index in [1.54, 1.807) is 6.92 Å². The monoisotopic (exact) mass is 432 g/mol. The third kappa shape index (κ3) is 3.13. The lowest BCUT2D eigenvalue weighted by molar-refractivity contribution is -0.132. The van der Waals surface area contributed by atoms with E-state index in [0.29, 0.717) is 16.6 Å². The van der Waals surface area contributed by atoms with Crippen LogP contribution >= 0.6 is 39.7 Å². The maximum atomic E-state index is 12.4. The molecule has 1 heterocycles. The summed E-state index contributed by atoms with van der Waals surface area (Å²) in [4.78, 5) is 27.1. The highest BCUT2D eigenvalue weighted by atomic mass is 79.9. The Morgan fingerprint density at radius 1 is 1.33 bits per heavy atom. The Bertz CT molecular complexity index is 755. The van der Waals surface area contributed by atoms with E-state index >= 15 is 0 Å². The van der Waals surface area contributed by atoms with Gasteiger partial charge in [0.05, 0.1) is 6.61 Å². The van der Waals surface area contributed by atoms with E-state index in [0.717, 1.165) is 0 Å². The molecule has 9 heteroatoms. The molecule has 0 aliphatic carbocycles. The van der Waals surface area contributed by atoms with Gasteiger partial charge in [-0.2, -0.15) is 0 Å². The minimum Gasteiger partial charge on any atom is -0.503 e. The van der Waals surface area contributed by atoms with Crippen LogP contribution in [0.2, 0.25) is 5.02 Å². The van der Waals surface area contributed by atoms with E-state index < -0.39 is 11.8 Å². The molecular formula is C15H14BrClN2O4S. The van der Waals surface area contributed by atoms with Crippen LogP contribution in [-0.4, -0.2) is 52.5 Å². The van der Waals surface area contributed by atoms with Gasteiger partial charge in [-0.15, -0.1) is 0 Å². The number of likely N-dealkylation sites (N-methyl/N-ethyl adjacent to an activating group) is 2. The number of ether oxygens (including phenoxy) is 1. The van der Waals surface area contributed by atoms with Crippen LogP contribution in [0.5, 0.6) is 11.5 Å². The third-order valence-corrected chi connectivity index (χ3v) is 5.42. The van der Waals surface area contributed by atoms with Crippen LogP contribution in [0.3, 0.4) is 0 Å². The zero-order chi connectivity index (χ0) is 18.2. The van der Waals surface area contributed by atoms with Crippen LogP contribution in [0, 0.1) is 0 Å². The summed E-state index contributed by atoms with van der Waals surface area (Å²) in [5.41, 5.74) is 0.353. The smallest absolute Gasteiger partial charge is 0.265 e. The number of phenolic OH excluding ortho intramolecular Hbond substituents is 1. The Labute approximate surface area is 157 Å². The Hall–Kier alpha value is -1.64. The fraction of sp³-hybridized carbons (Fsp3) is 0.267. The average Bonchev–Trinajstić information content (AvgIpc) is 2.57. The van der Waals surface area contributed by atoms with Crippen molar-refractivity contribution in [2.45, 2.75) is 6.92 Å². The highest BCUT2D eigenvalue weighted by Gasteiger charge is 2.35. The van der Waals surface area contributed by atoms with Crippen molar-refractivity contribution >= 4 is 62.8 Å². The molecule has 0 unspecified atom stereocenters. The fourth-order valence-corrected chi connectivity index (χ4v) is 2.90. The Kier molecular flexibility index (Phi) is 5.52. The summed E-state index contributed by atoms with van der Waals surface area (Å²) in [7, 11) is 2.98. The molecule has 0 aromatic heterocycles. The first-order valence-electron chi connectivity index (χ1n) is 6.86. The molecule has 1 aliphatic heterocycles. The number of benzene rings is 1. The van der Waals surface area contributed by atoms with Crippen LogP contribution < -0.4 is 4.74 Å². The number of amides is 2. The van der Waals surface area contributed by atoms with Crippen molar-refractivity contribution < 1.29 is 19.4 Å². The first kappa shape index (κ1) is 18.7. The second-order valence-corrected chi connectivity index (χ2v) is 6.48. The summed E-state index contributed by atoms with van der Waals surface area (Å²) >= 11 is 14.4. The van der Waals surface area contributed by atoms with Crippen molar-refractivity contribution in [2.75, 3.05) is 20.7 Å². The maximum absolute atomic E-state index is 12.4. The molecule has 24 heavy (non-hydrogen) atoms. The first-order valence-corrected chi connectivity index (χ1v) is 8.44. The molecule has 0 atom stereocenters. The van der Waals surface area contributed by atoms with Gasteiger partial charge in [-0.05, 0) is 52.8 Å². The zero-order valence-electron chi connectivity index (χ0n) is 13.1. The molecule has 1 aromatic carbocycles. The van der Waals surface area contributed by atoms with Gasteiger partial charge < -0.3 is 9.84 Å². The molecule has 0 spiro atoms. The molecule has 128 valence electrons. The lowest BCUT2D eigenvalue weighted by Gasteiger charge is -2.31. The summed E-state index contributed by atoms with van der Waals surface area (Å²) in [6, 6.07) is 1.50. The number of halogens is 2. The number of hydrogen-bond acceptors (Lipinski definition) is 5. The maximum Gasteiger partial charge on any atom is 0.265 e. The largest absolute Gasteiger partial charge is 0.503 e. The predicted octanol–water partition coefficient (Wildman–Crippen LogP) is 2.81. The van der Waals surface area contributed by atoms with Crippen molar-refractivity contribution in [1.29, 1.82) is 0 Å². The number of thiocarbonyl (C=S) groups is 1. The van der Waals surface area contributed by atoms with Gasteiger partial charge in [-0.3, -0.25) is 19.4 Å². The molecule has 0 radical (unpaired) electrons. The summed E-state index contributed by atoms with van der Waals surface area (Å²) in [5, 5.41) is 10.1. The Morgan fingerprint density at radius 2 is 1.88 bits per heavy atom. The van der Waals surface area contributed by atoms with E-state index in [2.05, 4.69) is 15.9 Å². The fourth-order valence-electron chi connectivity index (χ4n) is 2.11. The Balaban J connectivity index is 2.60. The van der Waals surface area contributed by atoms with E-state index in [-0.39, 0.29) is 27.2 Å². The molecule has 1 aromatic rings. The molecule has 1 N–H and O–H groups in total. The predicted molar refractivity (Wildman–Crippen MR) is 98.1 cm³/mol. The highest BCUT2D eigenvalue weighted by molar-refractivity contribution is 9.10. The minimum absolute atomic E-state index is 0.0285. The van der Waals surface area contributed by atoms with Gasteiger partial charge in [0, 0.05) is 18.6 Å². The molecule has 0 saturated carbocycles. The van der Waals surface area contributed by atoms with Crippen LogP contribution in [0.25, 0.3) is 6.08 Å². The average molecular weight is 434 g/mol. The van der Waals surface area contributed by atoms with Crippen LogP contribution in [0.4, 0.5) is 0 Å². The summed E-state index contributed by atoms with van der Waals surface area (Å²) in [5.74, 6) is -1.09. The normalized spacial score (nSPS) is 15.2. The number of phenols is 1. The van der Waals surface area contributed by atoms with Crippen molar-refractivity contribution in [3.05, 3.63) is 26.7 Å². The number of aromatic hydroxyl groups is 1. The van der Waals surface area contributed by atoms with Crippen LogP contribution in [-0.2, 0) is 9.59 Å². The molecule has 2 amide bonds. The second kappa shape index (κ2) is 7.08. The van der Waals surface area contributed by atoms with Gasteiger partial charge in [0.15, 0.2) is 16.6 Å². The van der Waals surface area contributed by atoms with Gasteiger partial charge in [0.2, 0.25) is 0 Å². The van der Waals surface area contributed by atoms with Gasteiger partial charge in [-0.1, -0.05) is 11.6 Å². The molecule has 2 rings (SSSR count). The van der Waals surface area contributed by atoms with Crippen molar-refractivity contribution in [1.82, 2.24) is 9.80 Å². The van der Waals surface area contributed by atoms with Gasteiger partial charge in [0.25, 0.3) is 11.8 Å². The number of hydrogen-bond donors (Lipinski definition) is 1. The second-order valence-electron chi connectivity index (χ2n) is 4.94. The third-order valence-electron chi connectivity index (χ3n) is 3.42. The van der Waals surface area contributed by atoms with E-state index in [1.165, 1.54) is 36.0 Å². The molecule has 1 fully saturated rings. The van der Waals surface area contributed by atoms with Gasteiger partial charge in [0.1, 0.15) is 10.6 Å². The summed E-state index contributed by atoms with van der Waals surface area (Å²) in [6.07, 6.45) is 1.39. The zero-order valence-corrected chi connectivity index (χ0v) is 16.3. The molecular weight excluding hydrogens is 420 g/mol. The standard InChI is InChI=1S/C15H14BrClN2O4S/c1-4-23-9-6-7(10(16)11(17)12(9)20)5-8-13(21)18(2)15(24)19(3)14(8)22/h5-6,20H,4H2,1-3H3. The number of carbonyl (C=O) groups excluding carboxylic acids is 2. The molecule has 0 bridgehead atoms.